The van der Waals surface area contributed by atoms with E-state index in [-0.39, 0.29) is 23.6 Å². The number of hydrogen-bond donors (Lipinski definition) is 0. The van der Waals surface area contributed by atoms with E-state index in [0.29, 0.717) is 22.3 Å². The minimum Gasteiger partial charge on any atom is -0.277 e. The molecule has 2 aliphatic heterocycles. The van der Waals surface area contributed by atoms with Crippen molar-refractivity contribution in [1.82, 2.24) is 9.80 Å². The Balaban J connectivity index is 0.000000882. The van der Waals surface area contributed by atoms with Gasteiger partial charge in [0.25, 0.3) is 23.6 Å². The van der Waals surface area contributed by atoms with Gasteiger partial charge < -0.3 is 0 Å². The second kappa shape index (κ2) is 10.9. The maximum Gasteiger partial charge on any atom is 0.261 e. The molecule has 0 aromatic heterocycles. The summed E-state index contributed by atoms with van der Waals surface area (Å²) in [5.41, 5.74) is 2.25. The first-order chi connectivity index (χ1) is 27.3. The van der Waals surface area contributed by atoms with Gasteiger partial charge in [0.1, 0.15) is 0 Å². The van der Waals surface area contributed by atoms with E-state index in [1.165, 1.54) is 52.9 Å². The molecule has 0 saturated heterocycles. The van der Waals surface area contributed by atoms with Gasteiger partial charge in [0, 0.05) is 47.1 Å². The Hall–Kier alpha value is -6.92. The average Bonchev–Trinajstić information content (AvgIpc) is 3.25. The zero-order valence-corrected chi connectivity index (χ0v) is 31.8. The Bertz CT molecular complexity index is 3180. The highest BCUT2D eigenvalue weighted by molar-refractivity contribution is 6.47. The molecule has 0 N–H and O–H groups in total. The number of imide groups is 2. The molecule has 13 rings (SSSR count). The molecular weight excluding hydrogens is 693 g/mol. The van der Waals surface area contributed by atoms with Gasteiger partial charge in [-0.25, -0.2) is 0 Å². The summed E-state index contributed by atoms with van der Waals surface area (Å²) >= 11 is 0. The lowest BCUT2D eigenvalue weighted by Gasteiger charge is -2.26. The maximum atomic E-state index is 13.3. The molecule has 0 aliphatic carbocycles. The van der Waals surface area contributed by atoms with Gasteiger partial charge in [-0.2, -0.15) is 0 Å². The monoisotopic (exact) mass is 726 g/mol. The third kappa shape index (κ3) is 3.50. The molecule has 6 heteroatoms. The van der Waals surface area contributed by atoms with Crippen molar-refractivity contribution < 1.29 is 19.2 Å². The van der Waals surface area contributed by atoms with E-state index in [1.54, 1.807) is 14.1 Å². The van der Waals surface area contributed by atoms with E-state index in [9.17, 15) is 19.2 Å². The number of amides is 4. The lowest BCUT2D eigenvalue weighted by molar-refractivity contribution is 0.0635. The Labute approximate surface area is 320 Å². The average molecular weight is 727 g/mol. The van der Waals surface area contributed by atoms with Crippen molar-refractivity contribution in [3.8, 4) is 0 Å². The van der Waals surface area contributed by atoms with Crippen LogP contribution in [0.5, 0.6) is 0 Å². The molecule has 0 fully saturated rings. The molecule has 0 saturated carbocycles. The van der Waals surface area contributed by atoms with Crippen molar-refractivity contribution >= 4 is 131 Å². The van der Waals surface area contributed by atoms with E-state index in [4.69, 9.17) is 0 Å². The summed E-state index contributed by atoms with van der Waals surface area (Å²) in [5.74, 6) is -1.09. The number of carbonyl (C=O) groups excluding carboxylic acids is 4. The summed E-state index contributed by atoms with van der Waals surface area (Å²) in [7, 11) is 3.09. The molecule has 0 spiro atoms. The molecule has 2 aliphatic rings. The zero-order valence-electron chi connectivity index (χ0n) is 31.8. The second-order valence-corrected chi connectivity index (χ2v) is 14.6. The fraction of sp³-hybridized carbons (Fsp3) is 0.120. The van der Waals surface area contributed by atoms with Crippen LogP contribution in [-0.2, 0) is 0 Å². The number of nitrogens with zero attached hydrogens (tertiary/aromatic N) is 2. The van der Waals surface area contributed by atoms with Gasteiger partial charge in [-0.1, -0.05) is 100 Å². The normalized spacial score (nSPS) is 14.3. The van der Waals surface area contributed by atoms with Crippen LogP contribution in [0.3, 0.4) is 0 Å². The first-order valence-corrected chi connectivity index (χ1v) is 19.4. The highest BCUT2D eigenvalue weighted by Gasteiger charge is 2.34. The lowest BCUT2D eigenvalue weighted by atomic mass is 9.80. The summed E-state index contributed by atoms with van der Waals surface area (Å²) < 4.78 is 0. The van der Waals surface area contributed by atoms with Crippen LogP contribution in [0.1, 0.15) is 69.1 Å². The third-order valence-electron chi connectivity index (χ3n) is 12.5. The number of rotatable bonds is 0. The summed E-state index contributed by atoms with van der Waals surface area (Å²) in [6, 6.07) is 33.5. The standard InChI is InChI=1S/C46H22N2O4.2C2H6/c1-47-43(49)31-15-11-27-23-7-3-19-21-5-9-25-29-13-17-33-42-34(46(52)48(2)45(33)51)18-14-30(40(29)42)26-10-6-22(36(21)38(25)26)20-4-8-24(37(23)35(19)20)28-12-16-32(44(47)50)41(31)39(27)28;2*1-2/h3-18H,1-2H3;2*1-2H3. The van der Waals surface area contributed by atoms with E-state index in [0.717, 1.165) is 64.6 Å². The number of fused-ring (bicyclic) bond motifs is 6. The molecule has 4 amide bonds. The summed E-state index contributed by atoms with van der Waals surface area (Å²) in [6.07, 6.45) is 0. The van der Waals surface area contributed by atoms with Crippen molar-refractivity contribution in [2.45, 2.75) is 27.7 Å². The van der Waals surface area contributed by atoms with Crippen molar-refractivity contribution in [2.24, 2.45) is 0 Å². The SMILES string of the molecule is CC.CC.CN1C(=O)c2ccc3c4ccc5c6ccc7c8ccc9c%10c(ccc(c%11ccc(c%12ccc(c%13ccc(c2c3%13)C1=O)c4c5%12)c6c7%11)c%108)C(=O)N(C)C9=O. The fourth-order valence-corrected chi connectivity index (χ4v) is 10.3. The molecule has 0 radical (unpaired) electrons. The Morgan fingerprint density at radius 3 is 0.571 bits per heavy atom. The Kier molecular flexibility index (Phi) is 6.30. The third-order valence-corrected chi connectivity index (χ3v) is 12.5. The van der Waals surface area contributed by atoms with Gasteiger partial charge in [-0.15, -0.1) is 0 Å². The highest BCUT2D eigenvalue weighted by atomic mass is 16.2. The van der Waals surface area contributed by atoms with Gasteiger partial charge >= 0.3 is 0 Å². The van der Waals surface area contributed by atoms with Crippen LogP contribution >= 0.6 is 0 Å². The first kappa shape index (κ1) is 32.5. The molecule has 56 heavy (non-hydrogen) atoms. The van der Waals surface area contributed by atoms with Gasteiger partial charge in [-0.3, -0.25) is 29.0 Å². The van der Waals surface area contributed by atoms with Crippen LogP contribution < -0.4 is 0 Å². The first-order valence-electron chi connectivity index (χ1n) is 19.4. The molecular formula is C50H34N2O4. The van der Waals surface area contributed by atoms with Crippen LogP contribution in [-0.4, -0.2) is 47.5 Å². The number of hydrogen-bond acceptors (Lipinski definition) is 4. The predicted octanol–water partition coefficient (Wildman–Crippen LogP) is 12.0. The largest absolute Gasteiger partial charge is 0.277 e. The molecule has 0 bridgehead atoms. The molecule has 6 nitrogen and oxygen atoms in total. The summed E-state index contributed by atoms with van der Waals surface area (Å²) in [6.45, 7) is 8.00. The van der Waals surface area contributed by atoms with E-state index in [2.05, 4.69) is 72.8 Å². The van der Waals surface area contributed by atoms with Crippen molar-refractivity contribution in [2.75, 3.05) is 14.1 Å². The van der Waals surface area contributed by atoms with Crippen molar-refractivity contribution in [1.29, 1.82) is 0 Å². The molecule has 2 heterocycles. The quantitative estimate of drug-likeness (QED) is 0.0886. The fourth-order valence-electron chi connectivity index (χ4n) is 10.3. The van der Waals surface area contributed by atoms with Crippen molar-refractivity contribution in [3.05, 3.63) is 119 Å². The van der Waals surface area contributed by atoms with Gasteiger partial charge in [0.15, 0.2) is 0 Å². The smallest absolute Gasteiger partial charge is 0.261 e. The molecule has 11 aromatic carbocycles. The summed E-state index contributed by atoms with van der Waals surface area (Å²) in [4.78, 5) is 55.5. The van der Waals surface area contributed by atoms with Crippen LogP contribution in [0.2, 0.25) is 0 Å². The molecule has 11 aromatic rings. The van der Waals surface area contributed by atoms with E-state index < -0.39 is 0 Å². The van der Waals surface area contributed by atoms with Crippen LogP contribution in [0.4, 0.5) is 0 Å². The lowest BCUT2D eigenvalue weighted by Crippen LogP contribution is -2.36. The van der Waals surface area contributed by atoms with Crippen LogP contribution in [0, 0.1) is 0 Å². The topological polar surface area (TPSA) is 74.8 Å². The number of benzene rings is 11. The number of carbonyl (C=O) groups is 4. The molecule has 0 atom stereocenters. The van der Waals surface area contributed by atoms with E-state index in [1.807, 2.05) is 52.0 Å². The summed E-state index contributed by atoms with van der Waals surface area (Å²) in [5, 5.41) is 21.4. The van der Waals surface area contributed by atoms with Gasteiger partial charge in [-0.05, 0) is 121 Å². The van der Waals surface area contributed by atoms with Gasteiger partial charge in [0.2, 0.25) is 0 Å². The highest BCUT2D eigenvalue weighted by Crippen LogP contribution is 2.51. The van der Waals surface area contributed by atoms with Crippen LogP contribution in [0.15, 0.2) is 97.1 Å². The zero-order chi connectivity index (χ0) is 38.6. The molecule has 0 unspecified atom stereocenters. The van der Waals surface area contributed by atoms with E-state index >= 15 is 0 Å². The van der Waals surface area contributed by atoms with Crippen LogP contribution in [0.25, 0.3) is 108 Å². The second-order valence-electron chi connectivity index (χ2n) is 14.6. The van der Waals surface area contributed by atoms with Crippen molar-refractivity contribution in [3.63, 3.8) is 0 Å². The minimum absolute atomic E-state index is 0.272. The van der Waals surface area contributed by atoms with Gasteiger partial charge in [0.05, 0.1) is 0 Å². The Morgan fingerprint density at radius 2 is 0.393 bits per heavy atom. The predicted molar refractivity (Wildman–Crippen MR) is 231 cm³/mol. The minimum atomic E-state index is -0.272. The Morgan fingerprint density at radius 1 is 0.250 bits per heavy atom. The molecule has 268 valence electrons. The maximum absolute atomic E-state index is 13.3.